The number of hydrogen-bond donors (Lipinski definition) is 0. The van der Waals surface area contributed by atoms with Crippen molar-refractivity contribution < 1.29 is 4.68 Å². The number of nitrogens with zero attached hydrogens (tertiary/aromatic N) is 5. The van der Waals surface area contributed by atoms with Gasteiger partial charge in [0.15, 0.2) is 0 Å². The monoisotopic (exact) mass is 354 g/mol. The van der Waals surface area contributed by atoms with Crippen LogP contribution in [0.4, 0.5) is 0 Å². The Kier molecular flexibility index (Phi) is 2.21. The Morgan fingerprint density at radius 1 is 1.07 bits per heavy atom. The van der Waals surface area contributed by atoms with Gasteiger partial charge in [0, 0.05) is 11.1 Å². The van der Waals surface area contributed by atoms with Crippen LogP contribution in [0.2, 0.25) is 0 Å². The van der Waals surface area contributed by atoms with Gasteiger partial charge in [-0.3, -0.25) is 8.97 Å². The van der Waals surface area contributed by atoms with Crippen molar-refractivity contribution in [2.24, 2.45) is 7.05 Å². The summed E-state index contributed by atoms with van der Waals surface area (Å²) in [7, 11) is 2.20. The Morgan fingerprint density at radius 2 is 1.93 bits per heavy atom. The van der Waals surface area contributed by atoms with E-state index in [-0.39, 0.29) is 0 Å². The minimum absolute atomic E-state index is 0.367. The molecule has 0 saturated carbocycles. The first-order chi connectivity index (χ1) is 13.2. The average molecular weight is 354 g/mol. The van der Waals surface area contributed by atoms with Crippen molar-refractivity contribution in [3.05, 3.63) is 58.9 Å². The van der Waals surface area contributed by atoms with Crippen molar-refractivity contribution in [3.8, 4) is 5.69 Å². The van der Waals surface area contributed by atoms with E-state index in [4.69, 9.17) is 4.98 Å². The van der Waals surface area contributed by atoms with E-state index in [0.717, 1.165) is 24.1 Å². The summed E-state index contributed by atoms with van der Waals surface area (Å²) in [4.78, 5) is 5.06. The van der Waals surface area contributed by atoms with E-state index < -0.39 is 0 Å². The second kappa shape index (κ2) is 4.25. The summed E-state index contributed by atoms with van der Waals surface area (Å²) in [5.74, 6) is 1.07. The summed E-state index contributed by atoms with van der Waals surface area (Å²) in [6.45, 7) is 4.48. The third-order valence-corrected chi connectivity index (χ3v) is 6.84. The molecule has 0 radical (unpaired) electrons. The third kappa shape index (κ3) is 1.36. The fourth-order valence-electron chi connectivity index (χ4n) is 5.57. The highest BCUT2D eigenvalue weighted by Crippen LogP contribution is 2.44. The molecule has 1 unspecified atom stereocenters. The maximum Gasteiger partial charge on any atom is 0.264 e. The van der Waals surface area contributed by atoms with E-state index in [1.54, 1.807) is 0 Å². The van der Waals surface area contributed by atoms with Crippen LogP contribution in [-0.2, 0) is 13.5 Å². The van der Waals surface area contributed by atoms with E-state index in [1.165, 1.54) is 44.8 Å². The molecule has 2 aliphatic rings. The molecule has 2 aromatic carbocycles. The Hall–Kier alpha value is -3.08. The normalized spacial score (nSPS) is 17.5. The predicted molar refractivity (Wildman–Crippen MR) is 105 cm³/mol. The molecule has 0 bridgehead atoms. The lowest BCUT2D eigenvalue weighted by atomic mass is 10.1. The Bertz CT molecular complexity index is 1460. The lowest BCUT2D eigenvalue weighted by molar-refractivity contribution is -0.692. The van der Waals surface area contributed by atoms with E-state index in [1.807, 2.05) is 0 Å². The van der Waals surface area contributed by atoms with Crippen LogP contribution >= 0.6 is 0 Å². The standard InChI is InChI=1S/C22H20N5/c1-12-8-10-18-21-19(12)27-20-14(13(2)24(27)3)9-11-17(20)26(21)22-23-15-6-4-5-7-16(15)25(18)22/h4-8,10,17H,9,11H2,1-3H3/q+1. The molecule has 4 heterocycles. The number of hydrogen-bond acceptors (Lipinski definition) is 1. The van der Waals surface area contributed by atoms with Gasteiger partial charge in [0.2, 0.25) is 11.5 Å². The van der Waals surface area contributed by atoms with Crippen molar-refractivity contribution in [2.75, 3.05) is 0 Å². The summed E-state index contributed by atoms with van der Waals surface area (Å²) >= 11 is 0. The molecular weight excluding hydrogens is 334 g/mol. The number of para-hydroxylation sites is 2. The van der Waals surface area contributed by atoms with Gasteiger partial charge in [-0.05, 0) is 44.9 Å². The number of aryl methyl sites for hydroxylation is 1. The highest BCUT2D eigenvalue weighted by molar-refractivity contribution is 5.94. The smallest absolute Gasteiger partial charge is 0.264 e. The van der Waals surface area contributed by atoms with Gasteiger partial charge < -0.3 is 0 Å². The van der Waals surface area contributed by atoms with E-state index in [9.17, 15) is 0 Å². The van der Waals surface area contributed by atoms with E-state index >= 15 is 0 Å². The second-order valence-corrected chi connectivity index (χ2v) is 8.04. The molecule has 132 valence electrons. The SMILES string of the molecule is Cc1ccc2c3c1-[n+]1c4c(c(C)n1C)CCC4n3c1nc3ccccc3n21. The Morgan fingerprint density at radius 3 is 2.81 bits per heavy atom. The molecule has 7 rings (SSSR count). The number of imidazole rings is 2. The Labute approximate surface area is 156 Å². The van der Waals surface area contributed by atoms with Crippen LogP contribution < -0.4 is 4.68 Å². The van der Waals surface area contributed by atoms with Crippen molar-refractivity contribution in [1.29, 1.82) is 0 Å². The van der Waals surface area contributed by atoms with E-state index in [2.05, 4.69) is 75.6 Å². The van der Waals surface area contributed by atoms with Gasteiger partial charge in [0.1, 0.15) is 11.6 Å². The minimum atomic E-state index is 0.367. The van der Waals surface area contributed by atoms with Crippen LogP contribution in [0.1, 0.15) is 35.0 Å². The third-order valence-electron chi connectivity index (χ3n) is 6.84. The first-order valence-electron chi connectivity index (χ1n) is 9.68. The fraction of sp³-hybridized carbons (Fsp3) is 0.273. The topological polar surface area (TPSA) is 31.0 Å². The molecule has 0 amide bonds. The second-order valence-electron chi connectivity index (χ2n) is 8.04. The van der Waals surface area contributed by atoms with Crippen LogP contribution in [0.5, 0.6) is 0 Å². The summed E-state index contributed by atoms with van der Waals surface area (Å²) in [5.41, 5.74) is 11.8. The van der Waals surface area contributed by atoms with Gasteiger partial charge in [-0.2, -0.15) is 4.68 Å². The highest BCUT2D eigenvalue weighted by atomic mass is 15.4. The minimum Gasteiger partial charge on any atom is -0.290 e. The van der Waals surface area contributed by atoms with Crippen LogP contribution in [0.15, 0.2) is 36.4 Å². The molecular formula is C22H20N5+. The van der Waals surface area contributed by atoms with Gasteiger partial charge >= 0.3 is 0 Å². The predicted octanol–water partition coefficient (Wildman–Crippen LogP) is 3.52. The number of fused-ring (bicyclic) bond motifs is 7. The molecule has 0 N–H and O–H groups in total. The number of benzene rings is 2. The lowest BCUT2D eigenvalue weighted by Crippen LogP contribution is -2.47. The van der Waals surface area contributed by atoms with Crippen molar-refractivity contribution in [1.82, 2.24) is 18.6 Å². The van der Waals surface area contributed by atoms with Gasteiger partial charge in [0.05, 0.1) is 29.3 Å². The maximum atomic E-state index is 5.06. The summed E-state index contributed by atoms with van der Waals surface area (Å²) in [6.07, 6.45) is 2.30. The molecule has 0 fully saturated rings. The lowest BCUT2D eigenvalue weighted by Gasteiger charge is -2.19. The molecule has 5 aromatic rings. The van der Waals surface area contributed by atoms with Gasteiger partial charge in [0.25, 0.3) is 5.69 Å². The fourth-order valence-corrected chi connectivity index (χ4v) is 5.57. The summed E-state index contributed by atoms with van der Waals surface area (Å²) < 4.78 is 9.69. The van der Waals surface area contributed by atoms with Crippen LogP contribution in [0.25, 0.3) is 33.5 Å². The molecule has 1 aliphatic carbocycles. The first kappa shape index (κ1) is 14.0. The molecule has 0 saturated heterocycles. The molecule has 1 atom stereocenters. The van der Waals surface area contributed by atoms with Crippen LogP contribution in [-0.4, -0.2) is 18.6 Å². The molecule has 1 aliphatic heterocycles. The van der Waals surface area contributed by atoms with Crippen molar-refractivity contribution in [3.63, 3.8) is 0 Å². The summed E-state index contributed by atoms with van der Waals surface area (Å²) in [6, 6.07) is 13.4. The van der Waals surface area contributed by atoms with Crippen LogP contribution in [0, 0.1) is 13.8 Å². The zero-order chi connectivity index (χ0) is 18.0. The molecule has 27 heavy (non-hydrogen) atoms. The van der Waals surface area contributed by atoms with E-state index in [0.29, 0.717) is 6.04 Å². The van der Waals surface area contributed by atoms with Gasteiger partial charge in [-0.1, -0.05) is 22.9 Å². The highest BCUT2D eigenvalue weighted by Gasteiger charge is 2.46. The maximum absolute atomic E-state index is 5.06. The number of rotatable bonds is 0. The average Bonchev–Trinajstić information content (AvgIpc) is 3.39. The zero-order valence-electron chi connectivity index (χ0n) is 15.7. The number of aromatic nitrogens is 5. The quantitative estimate of drug-likeness (QED) is 0.392. The van der Waals surface area contributed by atoms with Crippen molar-refractivity contribution in [2.45, 2.75) is 32.7 Å². The largest absolute Gasteiger partial charge is 0.290 e. The van der Waals surface area contributed by atoms with Crippen molar-refractivity contribution >= 4 is 27.8 Å². The zero-order valence-corrected chi connectivity index (χ0v) is 15.7. The molecule has 3 aromatic heterocycles. The molecule has 0 spiro atoms. The summed E-state index contributed by atoms with van der Waals surface area (Å²) in [5, 5.41) is 0. The molecule has 5 heteroatoms. The van der Waals surface area contributed by atoms with Gasteiger partial charge in [-0.15, -0.1) is 0 Å². The van der Waals surface area contributed by atoms with Gasteiger partial charge in [-0.25, -0.2) is 4.98 Å². The first-order valence-corrected chi connectivity index (χ1v) is 9.68. The molecule has 5 nitrogen and oxygen atoms in total. The Balaban J connectivity index is 1.80. The van der Waals surface area contributed by atoms with Crippen LogP contribution in [0.3, 0.4) is 0 Å².